The van der Waals surface area contributed by atoms with Crippen molar-refractivity contribution < 1.29 is 0 Å². The maximum Gasteiger partial charge on any atom is -0.0326 e. The lowest BCUT2D eigenvalue weighted by molar-refractivity contribution is 0.0260. The summed E-state index contributed by atoms with van der Waals surface area (Å²) >= 11 is 0. The zero-order valence-corrected chi connectivity index (χ0v) is 18.5. The molecule has 0 amide bonds. The lowest BCUT2D eigenvalue weighted by Crippen LogP contribution is -2.37. The van der Waals surface area contributed by atoms with Crippen LogP contribution in [-0.2, 0) is 0 Å². The molecule has 3 aliphatic carbocycles. The summed E-state index contributed by atoms with van der Waals surface area (Å²) in [6.45, 7) is 21.6. The summed E-state index contributed by atoms with van der Waals surface area (Å²) < 4.78 is 0. The van der Waals surface area contributed by atoms with Crippen LogP contribution in [0.2, 0.25) is 0 Å². The minimum atomic E-state index is 0.693. The first kappa shape index (κ1) is 25.2. The predicted molar refractivity (Wildman–Crippen MR) is 110 cm³/mol. The van der Waals surface area contributed by atoms with Crippen molar-refractivity contribution in [3.05, 3.63) is 0 Å². The maximum absolute atomic E-state index is 2.45. The molecule has 3 fully saturated rings. The molecule has 0 heterocycles. The smallest absolute Gasteiger partial charge is 0.0326 e. The lowest BCUT2D eigenvalue weighted by Gasteiger charge is -2.48. The van der Waals surface area contributed by atoms with Gasteiger partial charge in [-0.3, -0.25) is 0 Å². The summed E-state index contributed by atoms with van der Waals surface area (Å²) in [4.78, 5) is 0. The Hall–Kier alpha value is 0. The van der Waals surface area contributed by atoms with Crippen molar-refractivity contribution in [3.63, 3.8) is 0 Å². The highest BCUT2D eigenvalue weighted by atomic mass is 14.5. The van der Waals surface area contributed by atoms with Crippen LogP contribution in [0, 0.1) is 29.1 Å². The van der Waals surface area contributed by atoms with Gasteiger partial charge in [0.25, 0.3) is 0 Å². The van der Waals surface area contributed by atoms with E-state index in [2.05, 4.69) is 27.7 Å². The Kier molecular flexibility index (Phi) is 15.8. The fraction of sp³-hybridized carbons (Fsp3) is 1.00. The molecule has 0 heteroatoms. The highest BCUT2D eigenvalue weighted by molar-refractivity contribution is 4.91. The molecule has 3 rings (SSSR count). The Morgan fingerprint density at radius 1 is 0.739 bits per heavy atom. The van der Waals surface area contributed by atoms with E-state index in [0.717, 1.165) is 23.7 Å². The van der Waals surface area contributed by atoms with Crippen LogP contribution in [0.4, 0.5) is 0 Å². The fourth-order valence-corrected chi connectivity index (χ4v) is 3.64. The standard InChI is InChI=1S/C12H22.C5H10.3C2H6/c1-9-6-10(7-9)8-11-4-5-12(11,2)3;1-5-3-2-4-5;3*1-2/h9-11H,4-8H2,1-3H3;5H,2-4H2,1H3;3*1-2H3. The minimum Gasteiger partial charge on any atom is -0.0683 e. The molecule has 23 heavy (non-hydrogen) atoms. The van der Waals surface area contributed by atoms with Gasteiger partial charge in [-0.2, -0.15) is 0 Å². The van der Waals surface area contributed by atoms with Gasteiger partial charge >= 0.3 is 0 Å². The van der Waals surface area contributed by atoms with Gasteiger partial charge in [-0.1, -0.05) is 88.5 Å². The van der Waals surface area contributed by atoms with Gasteiger partial charge in [0, 0.05) is 0 Å². The minimum absolute atomic E-state index is 0.693. The molecule has 0 aliphatic heterocycles. The van der Waals surface area contributed by atoms with E-state index in [9.17, 15) is 0 Å². The third-order valence-corrected chi connectivity index (χ3v) is 5.73. The average Bonchev–Trinajstić information content (AvgIpc) is 2.54. The van der Waals surface area contributed by atoms with E-state index in [1.54, 1.807) is 0 Å². The van der Waals surface area contributed by atoms with Crippen LogP contribution in [0.25, 0.3) is 0 Å². The first-order valence-electron chi connectivity index (χ1n) is 11.0. The Labute approximate surface area is 150 Å². The zero-order valence-electron chi connectivity index (χ0n) is 18.5. The predicted octanol–water partition coefficient (Wildman–Crippen LogP) is 8.74. The summed E-state index contributed by atoms with van der Waals surface area (Å²) in [7, 11) is 0. The maximum atomic E-state index is 2.45. The van der Waals surface area contributed by atoms with Gasteiger partial charge in [0.2, 0.25) is 0 Å². The first-order valence-corrected chi connectivity index (χ1v) is 11.0. The van der Waals surface area contributed by atoms with Crippen molar-refractivity contribution in [3.8, 4) is 0 Å². The van der Waals surface area contributed by atoms with Crippen LogP contribution in [0.15, 0.2) is 0 Å². The zero-order chi connectivity index (χ0) is 18.5. The average molecular weight is 327 g/mol. The molecule has 0 saturated heterocycles. The van der Waals surface area contributed by atoms with Crippen molar-refractivity contribution >= 4 is 0 Å². The second-order valence-corrected chi connectivity index (χ2v) is 7.94. The molecule has 0 aromatic carbocycles. The Morgan fingerprint density at radius 3 is 1.35 bits per heavy atom. The van der Waals surface area contributed by atoms with Crippen LogP contribution >= 0.6 is 0 Å². The first-order chi connectivity index (χ1) is 11.0. The number of hydrogen-bond acceptors (Lipinski definition) is 0. The SMILES string of the molecule is CC.CC.CC.CC1CC(CC2CCC2(C)C)C1.CC1CCC1. The summed E-state index contributed by atoms with van der Waals surface area (Å²) in [6.07, 6.45) is 12.0. The largest absolute Gasteiger partial charge is 0.0683 e. The molecule has 0 radical (unpaired) electrons. The van der Waals surface area contributed by atoms with E-state index in [1.165, 1.54) is 51.4 Å². The third kappa shape index (κ3) is 9.78. The molecule has 0 spiro atoms. The van der Waals surface area contributed by atoms with Gasteiger partial charge in [0.15, 0.2) is 0 Å². The summed E-state index contributed by atoms with van der Waals surface area (Å²) in [5, 5.41) is 0. The van der Waals surface area contributed by atoms with E-state index < -0.39 is 0 Å². The molecule has 0 nitrogen and oxygen atoms in total. The van der Waals surface area contributed by atoms with Crippen molar-refractivity contribution in [2.45, 2.75) is 121 Å². The van der Waals surface area contributed by atoms with Crippen LogP contribution in [0.3, 0.4) is 0 Å². The van der Waals surface area contributed by atoms with E-state index in [1.807, 2.05) is 41.5 Å². The second kappa shape index (κ2) is 14.4. The van der Waals surface area contributed by atoms with E-state index in [-0.39, 0.29) is 0 Å². The van der Waals surface area contributed by atoms with E-state index in [4.69, 9.17) is 0 Å². The molecule has 0 aromatic heterocycles. The Bertz CT molecular complexity index is 230. The molecular weight excluding hydrogens is 276 g/mol. The Balaban J connectivity index is 0. The monoisotopic (exact) mass is 326 g/mol. The molecule has 3 aliphatic rings. The van der Waals surface area contributed by atoms with Crippen molar-refractivity contribution in [2.75, 3.05) is 0 Å². The Morgan fingerprint density at radius 2 is 1.17 bits per heavy atom. The van der Waals surface area contributed by atoms with E-state index >= 15 is 0 Å². The highest BCUT2D eigenvalue weighted by Crippen LogP contribution is 2.51. The summed E-state index contributed by atoms with van der Waals surface area (Å²) in [6, 6.07) is 0. The second-order valence-electron chi connectivity index (χ2n) is 7.94. The van der Waals surface area contributed by atoms with Gasteiger partial charge in [0.05, 0.1) is 0 Å². The quantitative estimate of drug-likeness (QED) is 0.475. The molecule has 0 aromatic rings. The van der Waals surface area contributed by atoms with Crippen molar-refractivity contribution in [1.82, 2.24) is 0 Å². The molecule has 0 bridgehead atoms. The van der Waals surface area contributed by atoms with Crippen LogP contribution in [0.1, 0.15) is 121 Å². The van der Waals surface area contributed by atoms with E-state index in [0.29, 0.717) is 5.41 Å². The van der Waals surface area contributed by atoms with Gasteiger partial charge in [0.1, 0.15) is 0 Å². The third-order valence-electron chi connectivity index (χ3n) is 5.73. The summed E-state index contributed by atoms with van der Waals surface area (Å²) in [5.74, 6) is 4.27. The number of hydrogen-bond donors (Lipinski definition) is 0. The molecule has 1 atom stereocenters. The van der Waals surface area contributed by atoms with Gasteiger partial charge < -0.3 is 0 Å². The molecular formula is C23H50. The van der Waals surface area contributed by atoms with Crippen molar-refractivity contribution in [1.29, 1.82) is 0 Å². The van der Waals surface area contributed by atoms with Crippen LogP contribution in [-0.4, -0.2) is 0 Å². The van der Waals surface area contributed by atoms with Gasteiger partial charge in [-0.25, -0.2) is 0 Å². The number of rotatable bonds is 2. The molecule has 142 valence electrons. The lowest BCUT2D eigenvalue weighted by atomic mass is 9.57. The molecule has 3 saturated carbocycles. The van der Waals surface area contributed by atoms with Gasteiger partial charge in [-0.05, 0) is 61.2 Å². The molecule has 1 unspecified atom stereocenters. The molecule has 0 N–H and O–H groups in total. The van der Waals surface area contributed by atoms with Gasteiger partial charge in [-0.15, -0.1) is 0 Å². The van der Waals surface area contributed by atoms with Crippen LogP contribution in [0.5, 0.6) is 0 Å². The summed E-state index contributed by atoms with van der Waals surface area (Å²) in [5.41, 5.74) is 0.693. The topological polar surface area (TPSA) is 0 Å². The van der Waals surface area contributed by atoms with Crippen LogP contribution < -0.4 is 0 Å². The van der Waals surface area contributed by atoms with Crippen molar-refractivity contribution in [2.24, 2.45) is 29.1 Å². The highest BCUT2D eigenvalue weighted by Gasteiger charge is 2.40. The normalized spacial score (nSPS) is 29.7. The fourth-order valence-electron chi connectivity index (χ4n) is 3.64.